The molecule has 1 fully saturated rings. The van der Waals surface area contributed by atoms with Crippen molar-refractivity contribution >= 4 is 6.21 Å². The lowest BCUT2D eigenvalue weighted by atomic mass is 9.98. The van der Waals surface area contributed by atoms with Gasteiger partial charge in [0, 0.05) is 18.7 Å². The van der Waals surface area contributed by atoms with Crippen LogP contribution >= 0.6 is 0 Å². The average molecular weight is 143 g/mol. The van der Waals surface area contributed by atoms with E-state index in [-0.39, 0.29) is 0 Å². The molecular formula is C7H13NO2. The average Bonchev–Trinajstić information content (AvgIpc) is 1.88. The van der Waals surface area contributed by atoms with E-state index in [1.165, 1.54) is 0 Å². The quantitative estimate of drug-likeness (QED) is 0.341. The molecule has 0 aromatic carbocycles. The van der Waals surface area contributed by atoms with Crippen molar-refractivity contribution in [2.45, 2.75) is 25.9 Å². The molecule has 0 aliphatic carbocycles. The number of ether oxygens (including phenoxy) is 1. The summed E-state index contributed by atoms with van der Waals surface area (Å²) in [6.07, 6.45) is 3.87. The van der Waals surface area contributed by atoms with Gasteiger partial charge >= 0.3 is 0 Å². The summed E-state index contributed by atoms with van der Waals surface area (Å²) in [4.78, 5) is 0. The first-order chi connectivity index (χ1) is 4.83. The van der Waals surface area contributed by atoms with Crippen molar-refractivity contribution in [1.29, 1.82) is 0 Å². The van der Waals surface area contributed by atoms with Crippen LogP contribution in [0.5, 0.6) is 0 Å². The highest BCUT2D eigenvalue weighted by Crippen LogP contribution is 2.17. The van der Waals surface area contributed by atoms with Gasteiger partial charge in [0.2, 0.25) is 0 Å². The third-order valence-electron chi connectivity index (χ3n) is 1.80. The Labute approximate surface area is 60.7 Å². The fourth-order valence-corrected chi connectivity index (χ4v) is 1.26. The van der Waals surface area contributed by atoms with Crippen LogP contribution in [0.4, 0.5) is 0 Å². The minimum absolute atomic E-state index is 0.316. The van der Waals surface area contributed by atoms with Crippen molar-refractivity contribution in [2.24, 2.45) is 11.1 Å². The van der Waals surface area contributed by atoms with Crippen molar-refractivity contribution in [3.8, 4) is 0 Å². The fraction of sp³-hybridized carbons (Fsp3) is 0.857. The second kappa shape index (κ2) is 3.56. The van der Waals surface area contributed by atoms with Crippen LogP contribution in [-0.4, -0.2) is 24.1 Å². The Morgan fingerprint density at radius 3 is 3.10 bits per heavy atom. The standard InChI is InChI=1S/C7H13NO2/c1-6-4-7(5-8-9)2-3-10-6/h5-7,9H,2-4H2,1H3/b8-5+. The topological polar surface area (TPSA) is 41.8 Å². The molecule has 0 aromatic heterocycles. The molecule has 1 saturated heterocycles. The Morgan fingerprint density at radius 1 is 1.70 bits per heavy atom. The molecular weight excluding hydrogens is 130 g/mol. The molecule has 1 aliphatic heterocycles. The van der Waals surface area contributed by atoms with Gasteiger partial charge in [0.05, 0.1) is 6.10 Å². The van der Waals surface area contributed by atoms with E-state index >= 15 is 0 Å². The predicted molar refractivity (Wildman–Crippen MR) is 38.4 cm³/mol. The highest BCUT2D eigenvalue weighted by atomic mass is 16.5. The Hall–Kier alpha value is -0.570. The summed E-state index contributed by atoms with van der Waals surface area (Å²) in [5.74, 6) is 0.411. The van der Waals surface area contributed by atoms with Crippen LogP contribution in [0.25, 0.3) is 0 Å². The van der Waals surface area contributed by atoms with Gasteiger partial charge in [-0.2, -0.15) is 0 Å². The van der Waals surface area contributed by atoms with E-state index in [1.807, 2.05) is 6.92 Å². The highest BCUT2D eigenvalue weighted by molar-refractivity contribution is 5.59. The number of oxime groups is 1. The Bertz CT molecular complexity index is 125. The van der Waals surface area contributed by atoms with Gasteiger partial charge in [0.25, 0.3) is 0 Å². The monoisotopic (exact) mass is 143 g/mol. The molecule has 3 nitrogen and oxygen atoms in total. The SMILES string of the molecule is CC1CC(/C=N/O)CCO1. The summed E-state index contributed by atoms with van der Waals surface area (Å²) in [5.41, 5.74) is 0. The first-order valence-corrected chi connectivity index (χ1v) is 3.62. The fourth-order valence-electron chi connectivity index (χ4n) is 1.26. The largest absolute Gasteiger partial charge is 0.411 e. The number of rotatable bonds is 1. The van der Waals surface area contributed by atoms with E-state index in [9.17, 15) is 0 Å². The summed E-state index contributed by atoms with van der Waals surface area (Å²) in [7, 11) is 0. The van der Waals surface area contributed by atoms with Crippen molar-refractivity contribution < 1.29 is 9.94 Å². The Kier molecular flexibility index (Phi) is 2.68. The molecule has 2 unspecified atom stereocenters. The van der Waals surface area contributed by atoms with Gasteiger partial charge in [-0.05, 0) is 19.8 Å². The lowest BCUT2D eigenvalue weighted by Crippen LogP contribution is -2.23. The molecule has 0 spiro atoms. The highest BCUT2D eigenvalue weighted by Gasteiger charge is 2.17. The van der Waals surface area contributed by atoms with Crippen LogP contribution < -0.4 is 0 Å². The molecule has 1 rings (SSSR count). The zero-order valence-corrected chi connectivity index (χ0v) is 6.16. The lowest BCUT2D eigenvalue weighted by molar-refractivity contribution is 0.0167. The van der Waals surface area contributed by atoms with Crippen LogP contribution in [0.3, 0.4) is 0 Å². The summed E-state index contributed by atoms with van der Waals surface area (Å²) in [6, 6.07) is 0. The molecule has 0 amide bonds. The first-order valence-electron chi connectivity index (χ1n) is 3.62. The molecule has 1 N–H and O–H groups in total. The molecule has 58 valence electrons. The van der Waals surface area contributed by atoms with Gasteiger partial charge in [0.15, 0.2) is 0 Å². The van der Waals surface area contributed by atoms with Gasteiger partial charge in [0.1, 0.15) is 0 Å². The maximum absolute atomic E-state index is 8.23. The second-order valence-electron chi connectivity index (χ2n) is 2.73. The van der Waals surface area contributed by atoms with Crippen molar-refractivity contribution in [2.75, 3.05) is 6.61 Å². The molecule has 0 saturated carbocycles. The van der Waals surface area contributed by atoms with Crippen LogP contribution in [0.2, 0.25) is 0 Å². The van der Waals surface area contributed by atoms with Crippen LogP contribution in [0.1, 0.15) is 19.8 Å². The van der Waals surface area contributed by atoms with E-state index in [1.54, 1.807) is 6.21 Å². The lowest BCUT2D eigenvalue weighted by Gasteiger charge is -2.23. The molecule has 2 atom stereocenters. The smallest absolute Gasteiger partial charge is 0.0553 e. The zero-order chi connectivity index (χ0) is 7.40. The molecule has 1 heterocycles. The summed E-state index contributed by atoms with van der Waals surface area (Å²) >= 11 is 0. The summed E-state index contributed by atoms with van der Waals surface area (Å²) in [5, 5.41) is 11.2. The predicted octanol–water partition coefficient (Wildman–Crippen LogP) is 1.26. The van der Waals surface area contributed by atoms with E-state index in [2.05, 4.69) is 5.16 Å². The van der Waals surface area contributed by atoms with Gasteiger partial charge in [-0.15, -0.1) is 5.16 Å². The Morgan fingerprint density at radius 2 is 2.50 bits per heavy atom. The number of hydrogen-bond donors (Lipinski definition) is 1. The normalized spacial score (nSPS) is 34.9. The molecule has 3 heteroatoms. The summed E-state index contributed by atoms with van der Waals surface area (Å²) in [6.45, 7) is 2.83. The van der Waals surface area contributed by atoms with E-state index in [0.717, 1.165) is 19.4 Å². The zero-order valence-electron chi connectivity index (χ0n) is 6.16. The third-order valence-corrected chi connectivity index (χ3v) is 1.80. The van der Waals surface area contributed by atoms with Crippen molar-refractivity contribution in [3.63, 3.8) is 0 Å². The second-order valence-corrected chi connectivity index (χ2v) is 2.73. The minimum atomic E-state index is 0.316. The van der Waals surface area contributed by atoms with Gasteiger partial charge in [-0.25, -0.2) is 0 Å². The van der Waals surface area contributed by atoms with Crippen LogP contribution in [0, 0.1) is 5.92 Å². The molecule has 0 radical (unpaired) electrons. The van der Waals surface area contributed by atoms with Gasteiger partial charge in [-0.3, -0.25) is 0 Å². The first kappa shape index (κ1) is 7.54. The van der Waals surface area contributed by atoms with Crippen LogP contribution in [0.15, 0.2) is 5.16 Å². The van der Waals surface area contributed by atoms with E-state index in [4.69, 9.17) is 9.94 Å². The van der Waals surface area contributed by atoms with E-state index < -0.39 is 0 Å². The van der Waals surface area contributed by atoms with Crippen molar-refractivity contribution in [1.82, 2.24) is 0 Å². The van der Waals surface area contributed by atoms with Crippen LogP contribution in [-0.2, 0) is 4.74 Å². The maximum Gasteiger partial charge on any atom is 0.0553 e. The van der Waals surface area contributed by atoms with Gasteiger partial charge in [-0.1, -0.05) is 0 Å². The number of hydrogen-bond acceptors (Lipinski definition) is 3. The Balaban J connectivity index is 2.32. The van der Waals surface area contributed by atoms with E-state index in [0.29, 0.717) is 12.0 Å². The molecule has 0 bridgehead atoms. The minimum Gasteiger partial charge on any atom is -0.411 e. The molecule has 0 aromatic rings. The molecule has 10 heavy (non-hydrogen) atoms. The molecule has 1 aliphatic rings. The maximum atomic E-state index is 8.23. The van der Waals surface area contributed by atoms with Gasteiger partial charge < -0.3 is 9.94 Å². The third kappa shape index (κ3) is 1.99. The summed E-state index contributed by atoms with van der Waals surface area (Å²) < 4.78 is 5.31. The number of nitrogens with zero attached hydrogens (tertiary/aromatic N) is 1. The van der Waals surface area contributed by atoms with Crippen molar-refractivity contribution in [3.05, 3.63) is 0 Å².